The first-order chi connectivity index (χ1) is 15.4. The van der Waals surface area contributed by atoms with Crippen LogP contribution in [0, 0.1) is 0 Å². The van der Waals surface area contributed by atoms with Gasteiger partial charge in [0.1, 0.15) is 5.57 Å². The predicted molar refractivity (Wildman–Crippen MR) is 132 cm³/mol. The van der Waals surface area contributed by atoms with E-state index in [4.69, 9.17) is 34.8 Å². The van der Waals surface area contributed by atoms with Crippen molar-refractivity contribution in [2.24, 2.45) is 0 Å². The minimum atomic E-state index is -0.902. The van der Waals surface area contributed by atoms with E-state index >= 15 is 0 Å². The van der Waals surface area contributed by atoms with Gasteiger partial charge in [-0.1, -0.05) is 47.8 Å². The topological polar surface area (TPSA) is 69.7 Å². The normalized spacial score (nSPS) is 21.4. The zero-order valence-corrected chi connectivity index (χ0v) is 20.8. The Morgan fingerprint density at radius 3 is 2.45 bits per heavy atom. The number of amides is 4. The van der Waals surface area contributed by atoms with Gasteiger partial charge in [-0.2, -0.15) is 0 Å². The fourth-order valence-electron chi connectivity index (χ4n) is 4.41. The van der Waals surface area contributed by atoms with E-state index in [9.17, 15) is 14.4 Å². The van der Waals surface area contributed by atoms with Crippen LogP contribution in [0.5, 0.6) is 0 Å². The number of nitrogens with one attached hydrogen (secondary N) is 1. The van der Waals surface area contributed by atoms with E-state index < -0.39 is 17.8 Å². The van der Waals surface area contributed by atoms with E-state index in [0.717, 1.165) is 22.6 Å². The van der Waals surface area contributed by atoms with Crippen LogP contribution >= 0.6 is 34.8 Å². The first kappa shape index (κ1) is 23.6. The molecule has 2 aromatic rings. The Kier molecular flexibility index (Phi) is 5.97. The van der Waals surface area contributed by atoms with Crippen LogP contribution in [-0.2, 0) is 9.59 Å². The lowest BCUT2D eigenvalue weighted by Crippen LogP contribution is -2.54. The van der Waals surface area contributed by atoms with E-state index in [-0.39, 0.29) is 32.8 Å². The van der Waals surface area contributed by atoms with Crippen molar-refractivity contribution in [3.8, 4) is 0 Å². The number of anilines is 2. The number of benzene rings is 2. The summed E-state index contributed by atoms with van der Waals surface area (Å²) in [6.45, 7) is 6.49. The number of nitrogens with zero attached hydrogens (tertiary/aromatic N) is 2. The number of barbiturate groups is 1. The first-order valence-corrected chi connectivity index (χ1v) is 11.5. The maximum Gasteiger partial charge on any atom is 0.336 e. The molecule has 1 unspecified atom stereocenters. The van der Waals surface area contributed by atoms with Gasteiger partial charge in [0.05, 0.1) is 15.7 Å². The van der Waals surface area contributed by atoms with Crippen LogP contribution in [0.15, 0.2) is 35.9 Å². The molecule has 6 nitrogen and oxygen atoms in total. The molecule has 0 aliphatic carbocycles. The number of hydrogen-bond donors (Lipinski definition) is 1. The highest BCUT2D eigenvalue weighted by molar-refractivity contribution is 6.46. The number of urea groups is 1. The highest BCUT2D eigenvalue weighted by atomic mass is 35.5. The minimum absolute atomic E-state index is 0.0302. The van der Waals surface area contributed by atoms with Crippen molar-refractivity contribution in [3.05, 3.63) is 62.1 Å². The monoisotopic (exact) mass is 505 g/mol. The summed E-state index contributed by atoms with van der Waals surface area (Å²) < 4.78 is 0. The number of hydrogen-bond acceptors (Lipinski definition) is 4. The maximum absolute atomic E-state index is 13.2. The molecule has 0 radical (unpaired) electrons. The Bertz CT molecular complexity index is 1240. The summed E-state index contributed by atoms with van der Waals surface area (Å²) in [5, 5.41) is 2.79. The standard InChI is InChI=1S/C24H22Cl3N3O3/c1-12-11-24(2,3)29(4)19-10-17(26)13(8-14(12)19)9-15-21(31)28-23(33)30(22(15)32)18-7-5-6-16(25)20(18)27/h5-10,12H,11H2,1-4H3,(H,28,31,33)/b15-9+. The molecule has 4 rings (SSSR count). The molecule has 1 N–H and O–H groups in total. The first-order valence-electron chi connectivity index (χ1n) is 10.3. The lowest BCUT2D eigenvalue weighted by atomic mass is 9.80. The van der Waals surface area contributed by atoms with Gasteiger partial charge in [0, 0.05) is 23.3 Å². The third-order valence-electron chi connectivity index (χ3n) is 6.33. The molecule has 9 heteroatoms. The number of imide groups is 2. The van der Waals surface area contributed by atoms with E-state index in [2.05, 4.69) is 31.0 Å². The molecule has 1 saturated heterocycles. The highest BCUT2D eigenvalue weighted by Crippen LogP contribution is 2.44. The van der Waals surface area contributed by atoms with Crippen LogP contribution in [0.2, 0.25) is 15.1 Å². The Morgan fingerprint density at radius 2 is 1.76 bits per heavy atom. The summed E-state index contributed by atoms with van der Waals surface area (Å²) in [7, 11) is 2.02. The molecule has 33 heavy (non-hydrogen) atoms. The van der Waals surface area contributed by atoms with E-state index in [1.165, 1.54) is 18.2 Å². The van der Waals surface area contributed by atoms with Crippen molar-refractivity contribution in [2.75, 3.05) is 16.8 Å². The fourth-order valence-corrected chi connectivity index (χ4v) is 5.00. The molecular weight excluding hydrogens is 485 g/mol. The Morgan fingerprint density at radius 1 is 1.06 bits per heavy atom. The smallest absolute Gasteiger partial charge is 0.336 e. The average Bonchev–Trinajstić information content (AvgIpc) is 2.72. The number of rotatable bonds is 2. The third kappa shape index (κ3) is 4.01. The molecule has 0 spiro atoms. The predicted octanol–water partition coefficient (Wildman–Crippen LogP) is 6.04. The van der Waals surface area contributed by atoms with Gasteiger partial charge in [-0.25, -0.2) is 9.69 Å². The molecular formula is C24H22Cl3N3O3. The van der Waals surface area contributed by atoms with Crippen LogP contribution in [-0.4, -0.2) is 30.4 Å². The molecule has 4 amide bonds. The van der Waals surface area contributed by atoms with Crippen LogP contribution in [0.25, 0.3) is 6.08 Å². The lowest BCUT2D eigenvalue weighted by Gasteiger charge is -2.45. The largest absolute Gasteiger partial charge is 0.369 e. The van der Waals surface area contributed by atoms with Crippen LogP contribution in [0.4, 0.5) is 16.2 Å². The summed E-state index contributed by atoms with van der Waals surface area (Å²) in [5.41, 5.74) is 2.41. The Balaban J connectivity index is 1.79. The zero-order valence-electron chi connectivity index (χ0n) is 18.5. The number of halogens is 3. The summed E-state index contributed by atoms with van der Waals surface area (Å²) in [4.78, 5) is 41.3. The average molecular weight is 507 g/mol. The Labute approximate surface area is 207 Å². The molecule has 2 aromatic carbocycles. The number of carbonyl (C=O) groups excluding carboxylic acids is 3. The van der Waals surface area contributed by atoms with Gasteiger partial charge in [-0.05, 0) is 67.7 Å². The molecule has 2 aliphatic rings. The van der Waals surface area contributed by atoms with Crippen LogP contribution < -0.4 is 15.1 Å². The highest BCUT2D eigenvalue weighted by Gasteiger charge is 2.39. The molecule has 2 heterocycles. The van der Waals surface area contributed by atoms with Crippen molar-refractivity contribution in [3.63, 3.8) is 0 Å². The van der Waals surface area contributed by atoms with Crippen LogP contribution in [0.1, 0.15) is 44.2 Å². The molecule has 1 atom stereocenters. The second-order valence-corrected chi connectivity index (χ2v) is 10.1. The van der Waals surface area contributed by atoms with Crippen molar-refractivity contribution in [1.82, 2.24) is 5.32 Å². The number of carbonyl (C=O) groups is 3. The third-order valence-corrected chi connectivity index (χ3v) is 7.46. The Hall–Kier alpha value is -2.54. The maximum atomic E-state index is 13.2. The molecule has 0 bridgehead atoms. The summed E-state index contributed by atoms with van der Waals surface area (Å²) in [5.74, 6) is -1.37. The van der Waals surface area contributed by atoms with Gasteiger partial charge in [0.15, 0.2) is 0 Å². The van der Waals surface area contributed by atoms with Gasteiger partial charge in [-0.15, -0.1) is 0 Å². The van der Waals surface area contributed by atoms with E-state index in [0.29, 0.717) is 10.6 Å². The van der Waals surface area contributed by atoms with Crippen molar-refractivity contribution < 1.29 is 14.4 Å². The molecule has 2 aliphatic heterocycles. The summed E-state index contributed by atoms with van der Waals surface area (Å²) in [6.07, 6.45) is 2.34. The van der Waals surface area contributed by atoms with Gasteiger partial charge in [-0.3, -0.25) is 14.9 Å². The van der Waals surface area contributed by atoms with E-state index in [1.54, 1.807) is 6.07 Å². The van der Waals surface area contributed by atoms with Gasteiger partial charge < -0.3 is 4.90 Å². The molecule has 1 fully saturated rings. The second kappa shape index (κ2) is 8.35. The molecule has 0 saturated carbocycles. The summed E-state index contributed by atoms with van der Waals surface area (Å²) >= 11 is 18.9. The lowest BCUT2D eigenvalue weighted by molar-refractivity contribution is -0.122. The number of fused-ring (bicyclic) bond motifs is 1. The molecule has 172 valence electrons. The fraction of sp³-hybridized carbons (Fsp3) is 0.292. The van der Waals surface area contributed by atoms with Crippen molar-refractivity contribution in [2.45, 2.75) is 38.6 Å². The SMILES string of the molecule is CC1CC(C)(C)N(C)c2cc(Cl)c(/C=C3\C(=O)NC(=O)N(c4cccc(Cl)c4Cl)C3=O)cc21. The quantitative estimate of drug-likeness (QED) is 0.398. The minimum Gasteiger partial charge on any atom is -0.369 e. The van der Waals surface area contributed by atoms with Gasteiger partial charge in [0.25, 0.3) is 11.8 Å². The van der Waals surface area contributed by atoms with Crippen LogP contribution in [0.3, 0.4) is 0 Å². The van der Waals surface area contributed by atoms with Gasteiger partial charge >= 0.3 is 6.03 Å². The van der Waals surface area contributed by atoms with Crippen molar-refractivity contribution in [1.29, 1.82) is 0 Å². The zero-order chi connectivity index (χ0) is 24.2. The van der Waals surface area contributed by atoms with E-state index in [1.807, 2.05) is 19.2 Å². The summed E-state index contributed by atoms with van der Waals surface area (Å²) in [6, 6.07) is 7.42. The molecule has 0 aromatic heterocycles. The second-order valence-electron chi connectivity index (χ2n) is 8.94. The van der Waals surface area contributed by atoms with Crippen molar-refractivity contribution >= 4 is 70.1 Å². The van der Waals surface area contributed by atoms with Gasteiger partial charge in [0.2, 0.25) is 0 Å².